The van der Waals surface area contributed by atoms with Crippen LogP contribution in [0, 0.1) is 5.82 Å². The Balaban J connectivity index is 1.91. The van der Waals surface area contributed by atoms with Gasteiger partial charge in [-0.05, 0) is 56.3 Å². The lowest BCUT2D eigenvalue weighted by Crippen LogP contribution is -2.28. The lowest BCUT2D eigenvalue weighted by molar-refractivity contribution is 0.0276. The topological polar surface area (TPSA) is 73.6 Å². The van der Waals surface area contributed by atoms with Gasteiger partial charge in [0.15, 0.2) is 11.5 Å². The Morgan fingerprint density at radius 2 is 1.82 bits per heavy atom. The van der Waals surface area contributed by atoms with Crippen LogP contribution in [0.25, 0.3) is 16.9 Å². The molecule has 0 fully saturated rings. The van der Waals surface area contributed by atoms with Gasteiger partial charge in [-0.15, -0.1) is 0 Å². The van der Waals surface area contributed by atoms with E-state index in [1.807, 2.05) is 0 Å². The van der Waals surface area contributed by atoms with E-state index in [9.17, 15) is 14.3 Å². The number of aromatic nitrogens is 2. The van der Waals surface area contributed by atoms with E-state index in [1.165, 1.54) is 23.8 Å². The summed E-state index contributed by atoms with van der Waals surface area (Å²) in [6.07, 6.45) is 1.60. The fourth-order valence-electron chi connectivity index (χ4n) is 2.56. The summed E-state index contributed by atoms with van der Waals surface area (Å²) < 4.78 is 25.4. The number of methoxy groups -OCH3 is 1. The Hall–Kier alpha value is -3.19. The van der Waals surface area contributed by atoms with Gasteiger partial charge < -0.3 is 14.6 Å². The van der Waals surface area contributed by atoms with Gasteiger partial charge in [0.25, 0.3) is 0 Å². The maximum absolute atomic E-state index is 13.1. The summed E-state index contributed by atoms with van der Waals surface area (Å²) >= 11 is 0. The van der Waals surface area contributed by atoms with Crippen LogP contribution in [0.5, 0.6) is 11.5 Å². The second-order valence-electron chi connectivity index (χ2n) is 6.91. The predicted molar refractivity (Wildman–Crippen MR) is 104 cm³/mol. The quantitative estimate of drug-likeness (QED) is 0.707. The molecule has 0 aliphatic carbocycles. The predicted octanol–water partition coefficient (Wildman–Crippen LogP) is 3.20. The van der Waals surface area contributed by atoms with Crippen LogP contribution in [0.2, 0.25) is 0 Å². The van der Waals surface area contributed by atoms with Crippen molar-refractivity contribution in [2.75, 3.05) is 13.7 Å². The second-order valence-corrected chi connectivity index (χ2v) is 6.91. The minimum Gasteiger partial charge on any atom is -0.493 e. The standard InChI is InChI=1S/C21H21FN2O4/c1-21(2,26)13-28-18-9-8-16(12-19(18)27-3)24-11-10-17(23-20(24)25)14-4-6-15(22)7-5-14/h4-12,26H,13H2,1-3H3. The largest absolute Gasteiger partial charge is 0.493 e. The maximum atomic E-state index is 13.1. The van der Waals surface area contributed by atoms with E-state index in [0.717, 1.165) is 0 Å². The van der Waals surface area contributed by atoms with Crippen molar-refractivity contribution in [2.45, 2.75) is 19.4 Å². The third kappa shape index (κ3) is 4.55. The van der Waals surface area contributed by atoms with Crippen molar-refractivity contribution in [2.24, 2.45) is 0 Å². The molecule has 0 saturated heterocycles. The van der Waals surface area contributed by atoms with Gasteiger partial charge in [-0.2, -0.15) is 4.98 Å². The van der Waals surface area contributed by atoms with Gasteiger partial charge in [0.05, 0.1) is 24.1 Å². The van der Waals surface area contributed by atoms with Crippen LogP contribution < -0.4 is 15.2 Å². The Morgan fingerprint density at radius 1 is 1.11 bits per heavy atom. The van der Waals surface area contributed by atoms with Crippen molar-refractivity contribution in [3.63, 3.8) is 0 Å². The van der Waals surface area contributed by atoms with Crippen LogP contribution in [0.1, 0.15) is 13.8 Å². The highest BCUT2D eigenvalue weighted by molar-refractivity contribution is 5.58. The van der Waals surface area contributed by atoms with Crippen LogP contribution in [-0.4, -0.2) is 34.0 Å². The Kier molecular flexibility index (Phi) is 5.46. The van der Waals surface area contributed by atoms with Crippen LogP contribution in [0.15, 0.2) is 59.5 Å². The first-order valence-electron chi connectivity index (χ1n) is 8.66. The van der Waals surface area contributed by atoms with Gasteiger partial charge >= 0.3 is 5.69 Å². The molecule has 7 heteroatoms. The SMILES string of the molecule is COc1cc(-n2ccc(-c3ccc(F)cc3)nc2=O)ccc1OCC(C)(C)O. The summed E-state index contributed by atoms with van der Waals surface area (Å²) in [6.45, 7) is 3.38. The van der Waals surface area contributed by atoms with E-state index < -0.39 is 11.3 Å². The first kappa shape index (κ1) is 19.6. The molecule has 0 bridgehead atoms. The number of rotatable bonds is 6. The van der Waals surface area contributed by atoms with E-state index >= 15 is 0 Å². The molecule has 28 heavy (non-hydrogen) atoms. The number of ether oxygens (including phenoxy) is 2. The second kappa shape index (κ2) is 7.82. The molecule has 0 atom stereocenters. The van der Waals surface area contributed by atoms with E-state index in [-0.39, 0.29) is 12.4 Å². The molecular formula is C21H21FN2O4. The first-order valence-corrected chi connectivity index (χ1v) is 8.66. The molecule has 2 aromatic carbocycles. The van der Waals surface area contributed by atoms with Gasteiger partial charge in [-0.25, -0.2) is 9.18 Å². The van der Waals surface area contributed by atoms with E-state index in [1.54, 1.807) is 56.4 Å². The van der Waals surface area contributed by atoms with Crippen LogP contribution in [0.3, 0.4) is 0 Å². The monoisotopic (exact) mass is 384 g/mol. The van der Waals surface area contributed by atoms with Crippen molar-refractivity contribution in [1.29, 1.82) is 0 Å². The molecule has 1 aromatic heterocycles. The third-order valence-corrected chi connectivity index (χ3v) is 3.95. The van der Waals surface area contributed by atoms with Gasteiger partial charge in [-0.1, -0.05) is 0 Å². The average Bonchev–Trinajstić information content (AvgIpc) is 2.66. The molecule has 0 aliphatic heterocycles. The molecule has 0 unspecified atom stereocenters. The molecule has 0 spiro atoms. The molecule has 1 heterocycles. The van der Waals surface area contributed by atoms with Crippen LogP contribution in [-0.2, 0) is 0 Å². The Morgan fingerprint density at radius 3 is 2.43 bits per heavy atom. The van der Waals surface area contributed by atoms with Crippen LogP contribution >= 0.6 is 0 Å². The van der Waals surface area contributed by atoms with Gasteiger partial charge in [-0.3, -0.25) is 4.57 Å². The fraction of sp³-hybridized carbons (Fsp3) is 0.238. The highest BCUT2D eigenvalue weighted by Crippen LogP contribution is 2.30. The molecular weight excluding hydrogens is 363 g/mol. The molecule has 0 radical (unpaired) electrons. The summed E-state index contributed by atoms with van der Waals surface area (Å²) in [7, 11) is 1.49. The highest BCUT2D eigenvalue weighted by Gasteiger charge is 2.16. The summed E-state index contributed by atoms with van der Waals surface area (Å²) in [5.74, 6) is 0.532. The van der Waals surface area contributed by atoms with Crippen molar-refractivity contribution in [1.82, 2.24) is 9.55 Å². The van der Waals surface area contributed by atoms with Gasteiger partial charge in [0.2, 0.25) is 0 Å². The zero-order chi connectivity index (χ0) is 20.3. The van der Waals surface area contributed by atoms with Crippen molar-refractivity contribution in [3.8, 4) is 28.4 Å². The average molecular weight is 384 g/mol. The van der Waals surface area contributed by atoms with Gasteiger partial charge in [0.1, 0.15) is 12.4 Å². The molecule has 6 nitrogen and oxygen atoms in total. The summed E-state index contributed by atoms with van der Waals surface area (Å²) in [5.41, 5.74) is 0.197. The van der Waals surface area contributed by atoms with Crippen LogP contribution in [0.4, 0.5) is 4.39 Å². The minimum atomic E-state index is -0.985. The van der Waals surface area contributed by atoms with Gasteiger partial charge in [0, 0.05) is 17.8 Å². The minimum absolute atomic E-state index is 0.0938. The van der Waals surface area contributed by atoms with E-state index in [4.69, 9.17) is 9.47 Å². The normalized spacial score (nSPS) is 11.3. The molecule has 0 saturated carbocycles. The zero-order valence-corrected chi connectivity index (χ0v) is 15.8. The van der Waals surface area contributed by atoms with Crippen molar-refractivity contribution >= 4 is 0 Å². The third-order valence-electron chi connectivity index (χ3n) is 3.95. The smallest absolute Gasteiger partial charge is 0.352 e. The lowest BCUT2D eigenvalue weighted by Gasteiger charge is -2.19. The molecule has 3 aromatic rings. The number of hydrogen-bond donors (Lipinski definition) is 1. The zero-order valence-electron chi connectivity index (χ0n) is 15.8. The lowest BCUT2D eigenvalue weighted by atomic mass is 10.1. The van der Waals surface area contributed by atoms with Crippen molar-refractivity contribution in [3.05, 3.63) is 71.0 Å². The summed E-state index contributed by atoms with van der Waals surface area (Å²) in [6, 6.07) is 12.5. The number of aliphatic hydroxyl groups is 1. The van der Waals surface area contributed by atoms with E-state index in [2.05, 4.69) is 4.98 Å². The molecule has 0 aliphatic rings. The molecule has 0 amide bonds. The Bertz CT molecular complexity index is 1020. The Labute approximate surface area is 161 Å². The first-order chi connectivity index (χ1) is 13.3. The summed E-state index contributed by atoms with van der Waals surface area (Å²) in [5, 5.41) is 9.81. The maximum Gasteiger partial charge on any atom is 0.352 e. The number of halogens is 1. The molecule has 3 rings (SSSR count). The van der Waals surface area contributed by atoms with E-state index in [0.29, 0.717) is 28.4 Å². The van der Waals surface area contributed by atoms with Crippen molar-refractivity contribution < 1.29 is 19.0 Å². The fourth-order valence-corrected chi connectivity index (χ4v) is 2.56. The molecule has 146 valence electrons. The molecule has 1 N–H and O–H groups in total. The summed E-state index contributed by atoms with van der Waals surface area (Å²) in [4.78, 5) is 16.6. The number of nitrogens with zero attached hydrogens (tertiary/aromatic N) is 2. The number of hydrogen-bond acceptors (Lipinski definition) is 5. The highest BCUT2D eigenvalue weighted by atomic mass is 19.1. The number of benzene rings is 2.